The van der Waals surface area contributed by atoms with Gasteiger partial charge in [-0.1, -0.05) is 52.9 Å². The van der Waals surface area contributed by atoms with Gasteiger partial charge < -0.3 is 9.84 Å². The van der Waals surface area contributed by atoms with Crippen LogP contribution in [0.25, 0.3) is 0 Å². The molecule has 1 aromatic rings. The number of fused-ring (bicyclic) bond motifs is 4. The molecule has 0 radical (unpaired) electrons. The van der Waals surface area contributed by atoms with E-state index in [1.54, 1.807) is 12.1 Å². The van der Waals surface area contributed by atoms with E-state index in [9.17, 15) is 24.3 Å². The lowest BCUT2D eigenvalue weighted by molar-refractivity contribution is -0.144. The zero-order valence-corrected chi connectivity index (χ0v) is 24.5. The smallest absolute Gasteiger partial charge is 0.254 e. The number of phenols is 1. The van der Waals surface area contributed by atoms with Crippen LogP contribution >= 0.6 is 39.1 Å². The van der Waals surface area contributed by atoms with Gasteiger partial charge in [0, 0.05) is 12.0 Å². The molecule has 1 N–H and O–H groups in total. The van der Waals surface area contributed by atoms with Crippen molar-refractivity contribution in [2.75, 3.05) is 12.6 Å². The minimum absolute atomic E-state index is 0.0393. The van der Waals surface area contributed by atoms with E-state index >= 15 is 0 Å². The van der Waals surface area contributed by atoms with Crippen LogP contribution in [0.5, 0.6) is 11.5 Å². The van der Waals surface area contributed by atoms with Crippen molar-refractivity contribution < 1.29 is 29.0 Å². The Hall–Kier alpha value is -2.10. The van der Waals surface area contributed by atoms with E-state index in [2.05, 4.69) is 15.9 Å². The monoisotopic (exact) mass is 638 g/mol. The summed E-state index contributed by atoms with van der Waals surface area (Å²) in [5.74, 6) is -4.21. The van der Waals surface area contributed by atoms with E-state index in [0.717, 1.165) is 42.6 Å². The molecule has 11 heteroatoms. The summed E-state index contributed by atoms with van der Waals surface area (Å²) >= 11 is 17.7. The number of ether oxygens (including phenoxy) is 1. The fourth-order valence-electron chi connectivity index (χ4n) is 7.72. The van der Waals surface area contributed by atoms with Crippen LogP contribution in [0.3, 0.4) is 0 Å². The van der Waals surface area contributed by atoms with E-state index in [1.807, 2.05) is 6.08 Å². The maximum atomic E-state index is 14.0. The topological polar surface area (TPSA) is 104 Å². The average Bonchev–Trinajstić information content (AvgIpc) is 3.27. The molecule has 2 saturated carbocycles. The normalized spacial score (nSPS) is 36.6. The number of halogens is 3. The van der Waals surface area contributed by atoms with E-state index in [0.29, 0.717) is 12.0 Å². The Balaban J connectivity index is 1.50. The molecule has 2 heterocycles. The molecule has 0 unspecified atom stereocenters. The van der Waals surface area contributed by atoms with Crippen LogP contribution in [0.2, 0.25) is 0 Å². The third kappa shape index (κ3) is 3.54. The average molecular weight is 640 g/mol. The van der Waals surface area contributed by atoms with Crippen LogP contribution in [0.1, 0.15) is 56.4 Å². The van der Waals surface area contributed by atoms with Crippen LogP contribution in [0.15, 0.2) is 29.8 Å². The summed E-state index contributed by atoms with van der Waals surface area (Å²) in [7, 11) is 1.41. The summed E-state index contributed by atoms with van der Waals surface area (Å²) in [5.41, 5.74) is 1.17. The first-order chi connectivity index (χ1) is 18.6. The van der Waals surface area contributed by atoms with Crippen molar-refractivity contribution in [3.05, 3.63) is 35.4 Å². The number of aromatic hydroxyl groups is 1. The predicted molar refractivity (Wildman–Crippen MR) is 147 cm³/mol. The number of nitrogens with zero attached hydrogens (tertiary/aromatic N) is 2. The lowest BCUT2D eigenvalue weighted by atomic mass is 9.56. The third-order valence-corrected chi connectivity index (χ3v) is 11.4. The number of carbonyl (C=O) groups is 4. The second kappa shape index (κ2) is 9.48. The molecule has 8 nitrogen and oxygen atoms in total. The van der Waals surface area contributed by atoms with Crippen LogP contribution in [-0.2, 0) is 19.2 Å². The molecule has 0 spiro atoms. The Kier molecular flexibility index (Phi) is 6.59. The van der Waals surface area contributed by atoms with Gasteiger partial charge in [0.2, 0.25) is 11.8 Å². The van der Waals surface area contributed by atoms with Crippen molar-refractivity contribution in [3.63, 3.8) is 0 Å². The van der Waals surface area contributed by atoms with E-state index in [4.69, 9.17) is 27.9 Å². The third-order valence-electron chi connectivity index (χ3n) is 9.53. The van der Waals surface area contributed by atoms with Gasteiger partial charge in [-0.05, 0) is 49.3 Å². The van der Waals surface area contributed by atoms with Gasteiger partial charge in [-0.2, -0.15) is 0 Å². The number of alkyl halides is 3. The van der Waals surface area contributed by atoms with Gasteiger partial charge in [0.1, 0.15) is 0 Å². The minimum atomic E-state index is -1.88. The summed E-state index contributed by atoms with van der Waals surface area (Å²) in [5, 5.41) is 10.3. The Morgan fingerprint density at radius 3 is 2.44 bits per heavy atom. The number of methoxy groups -OCH3 is 1. The maximum Gasteiger partial charge on any atom is 0.254 e. The van der Waals surface area contributed by atoms with Crippen molar-refractivity contribution in [1.82, 2.24) is 9.80 Å². The molecule has 1 aromatic carbocycles. The standard InChI is InChI=1S/C28H29BrCl2N2O6/c1-39-20-11-14(7-10-19(20)34)22-16-8-9-17-21(24(36)33(23(17)35)15-5-3-2-4-6-15)18(16)12-27(30)25(37)32(13-29)26(38)28(22,27)31/h7-8,10-11,15,17-18,21-22,34H,2-6,9,12-13H2,1H3/t17-,18+,21-,22-,27+,28-/m0/s1. The van der Waals surface area contributed by atoms with Crippen molar-refractivity contribution in [3.8, 4) is 11.5 Å². The molecule has 2 saturated heterocycles. The first-order valence-electron chi connectivity index (χ1n) is 13.3. The van der Waals surface area contributed by atoms with Crippen LogP contribution in [0, 0.1) is 17.8 Å². The molecule has 208 valence electrons. The summed E-state index contributed by atoms with van der Waals surface area (Å²) in [6, 6.07) is 4.55. The Labute approximate surface area is 244 Å². The number of imide groups is 2. The van der Waals surface area contributed by atoms with Crippen LogP contribution in [-0.4, -0.2) is 66.9 Å². The second-order valence-corrected chi connectivity index (χ2v) is 13.0. The van der Waals surface area contributed by atoms with Crippen molar-refractivity contribution in [1.29, 1.82) is 0 Å². The molecular weight excluding hydrogens is 611 g/mol. The van der Waals surface area contributed by atoms with E-state index in [1.165, 1.54) is 18.1 Å². The molecule has 2 aliphatic heterocycles. The van der Waals surface area contributed by atoms with Crippen molar-refractivity contribution >= 4 is 62.8 Å². The van der Waals surface area contributed by atoms with Gasteiger partial charge in [-0.15, -0.1) is 23.2 Å². The van der Waals surface area contributed by atoms with Gasteiger partial charge in [0.25, 0.3) is 11.8 Å². The Bertz CT molecular complexity index is 1310. The lowest BCUT2D eigenvalue weighted by Crippen LogP contribution is -2.60. The molecule has 4 amide bonds. The highest BCUT2D eigenvalue weighted by atomic mass is 79.9. The molecule has 4 fully saturated rings. The van der Waals surface area contributed by atoms with Crippen molar-refractivity contribution in [2.45, 2.75) is 66.7 Å². The molecule has 6 rings (SSSR count). The highest BCUT2D eigenvalue weighted by Crippen LogP contribution is 2.65. The molecule has 6 atom stereocenters. The summed E-state index contributed by atoms with van der Waals surface area (Å²) in [6.45, 7) is 0. The van der Waals surface area contributed by atoms with Gasteiger partial charge in [-0.3, -0.25) is 29.0 Å². The fourth-order valence-corrected chi connectivity index (χ4v) is 9.15. The molecule has 5 aliphatic rings. The number of phenolic OH excluding ortho intramolecular Hbond substituents is 1. The lowest BCUT2D eigenvalue weighted by Gasteiger charge is -2.50. The fraction of sp³-hybridized carbons (Fsp3) is 0.571. The first-order valence-corrected chi connectivity index (χ1v) is 15.2. The molecular formula is C28H29BrCl2N2O6. The quantitative estimate of drug-likeness (QED) is 0.226. The Morgan fingerprint density at radius 2 is 1.77 bits per heavy atom. The summed E-state index contributed by atoms with van der Waals surface area (Å²) in [4.78, 5) is 53.9. The number of rotatable bonds is 4. The van der Waals surface area contributed by atoms with Crippen LogP contribution in [0.4, 0.5) is 0 Å². The van der Waals surface area contributed by atoms with E-state index in [-0.39, 0.29) is 41.2 Å². The van der Waals surface area contributed by atoms with Gasteiger partial charge in [0.15, 0.2) is 21.2 Å². The van der Waals surface area contributed by atoms with E-state index < -0.39 is 45.2 Å². The van der Waals surface area contributed by atoms with Gasteiger partial charge in [0.05, 0.1) is 24.4 Å². The molecule has 0 aromatic heterocycles. The molecule has 39 heavy (non-hydrogen) atoms. The second-order valence-electron chi connectivity index (χ2n) is 11.3. The molecule has 0 bridgehead atoms. The first kappa shape index (κ1) is 27.1. The number of amides is 4. The Morgan fingerprint density at radius 1 is 1.05 bits per heavy atom. The molecule has 3 aliphatic carbocycles. The number of likely N-dealkylation sites (tertiary alicyclic amines) is 2. The highest BCUT2D eigenvalue weighted by Gasteiger charge is 2.76. The minimum Gasteiger partial charge on any atom is -0.504 e. The zero-order chi connectivity index (χ0) is 27.9. The SMILES string of the molecule is COc1cc([C@H]2C3=CC[C@@H]4C(=O)N(C5CCCCC5)C(=O)[C@@H]4[C@@H]3C[C@@]3(Cl)C(=O)N(CBr)C(=O)[C@@]23Cl)ccc1O. The van der Waals surface area contributed by atoms with Crippen molar-refractivity contribution in [2.24, 2.45) is 17.8 Å². The largest absolute Gasteiger partial charge is 0.504 e. The zero-order valence-electron chi connectivity index (χ0n) is 21.4. The predicted octanol–water partition coefficient (Wildman–Crippen LogP) is 4.44. The van der Waals surface area contributed by atoms with Gasteiger partial charge >= 0.3 is 0 Å². The maximum absolute atomic E-state index is 14.0. The van der Waals surface area contributed by atoms with Gasteiger partial charge in [-0.25, -0.2) is 0 Å². The van der Waals surface area contributed by atoms with Crippen LogP contribution < -0.4 is 4.74 Å². The number of hydrogen-bond donors (Lipinski definition) is 1. The number of allylic oxidation sites excluding steroid dienone is 2. The summed E-state index contributed by atoms with van der Waals surface area (Å²) in [6.07, 6.45) is 6.87. The number of hydrogen-bond acceptors (Lipinski definition) is 6. The number of carbonyl (C=O) groups excluding carboxylic acids is 4. The summed E-state index contributed by atoms with van der Waals surface area (Å²) < 4.78 is 5.33. The number of benzene rings is 1. The highest BCUT2D eigenvalue weighted by molar-refractivity contribution is 9.09.